The van der Waals surface area contributed by atoms with E-state index in [2.05, 4.69) is 36.2 Å². The van der Waals surface area contributed by atoms with E-state index in [1.165, 1.54) is 12.8 Å². The summed E-state index contributed by atoms with van der Waals surface area (Å²) in [7, 11) is 0. The van der Waals surface area contributed by atoms with Crippen LogP contribution in [0.25, 0.3) is 10.9 Å². The summed E-state index contributed by atoms with van der Waals surface area (Å²) in [6, 6.07) is 0.404. The molecule has 24 heavy (non-hydrogen) atoms. The zero-order valence-electron chi connectivity index (χ0n) is 13.5. The van der Waals surface area contributed by atoms with Gasteiger partial charge in [-0.3, -0.25) is 0 Å². The van der Waals surface area contributed by atoms with Crippen molar-refractivity contribution in [3.8, 4) is 0 Å². The Kier molecular flexibility index (Phi) is 4.54. The zero-order chi connectivity index (χ0) is 16.5. The summed E-state index contributed by atoms with van der Waals surface area (Å²) < 4.78 is 6.83. The zero-order valence-corrected chi connectivity index (χ0v) is 15.1. The predicted octanol–water partition coefficient (Wildman–Crippen LogP) is 3.52. The first-order chi connectivity index (χ1) is 11.7. The average molecular weight is 392 g/mol. The Morgan fingerprint density at radius 3 is 2.67 bits per heavy atom. The number of nitrogens with zero attached hydrogens (tertiary/aromatic N) is 3. The monoisotopic (exact) mass is 391 g/mol. The van der Waals surface area contributed by atoms with Crippen LogP contribution in [0.15, 0.2) is 16.9 Å². The Morgan fingerprint density at radius 1 is 1.12 bits per heavy atom. The molecule has 0 spiro atoms. The maximum atomic E-state index is 6.01. The smallest absolute Gasteiger partial charge is 0.223 e. The fourth-order valence-corrected chi connectivity index (χ4v) is 3.60. The van der Waals surface area contributed by atoms with Gasteiger partial charge in [0.15, 0.2) is 0 Å². The van der Waals surface area contributed by atoms with E-state index in [-0.39, 0.29) is 0 Å². The molecule has 0 bridgehead atoms. The average Bonchev–Trinajstić information content (AvgIpc) is 3.42. The van der Waals surface area contributed by atoms with E-state index in [1.54, 1.807) is 12.4 Å². The fourth-order valence-electron chi connectivity index (χ4n) is 3.19. The van der Waals surface area contributed by atoms with Crippen LogP contribution in [0.1, 0.15) is 38.5 Å². The van der Waals surface area contributed by atoms with Crippen molar-refractivity contribution in [3.05, 3.63) is 16.9 Å². The molecule has 0 unspecified atom stereocenters. The summed E-state index contributed by atoms with van der Waals surface area (Å²) >= 11 is 3.48. The van der Waals surface area contributed by atoms with Gasteiger partial charge in [-0.15, -0.1) is 0 Å². The second-order valence-corrected chi connectivity index (χ2v) is 7.70. The number of aromatic nitrogens is 3. The molecule has 2 saturated carbocycles. The van der Waals surface area contributed by atoms with Crippen molar-refractivity contribution < 1.29 is 4.74 Å². The first-order valence-corrected chi connectivity index (χ1v) is 9.43. The molecule has 4 rings (SSSR count). The lowest BCUT2D eigenvalue weighted by Gasteiger charge is -2.29. The summed E-state index contributed by atoms with van der Waals surface area (Å²) in [6.07, 6.45) is 11.0. The van der Waals surface area contributed by atoms with Crippen LogP contribution in [0, 0.1) is 5.92 Å². The Bertz CT molecular complexity index is 728. The number of halogens is 1. The molecule has 0 radical (unpaired) electrons. The number of fused-ring (bicyclic) bond motifs is 1. The molecule has 2 aromatic heterocycles. The van der Waals surface area contributed by atoms with E-state index in [4.69, 9.17) is 10.5 Å². The van der Waals surface area contributed by atoms with Crippen molar-refractivity contribution in [2.24, 2.45) is 5.92 Å². The van der Waals surface area contributed by atoms with E-state index >= 15 is 0 Å². The van der Waals surface area contributed by atoms with E-state index in [0.717, 1.165) is 53.6 Å². The van der Waals surface area contributed by atoms with Crippen molar-refractivity contribution in [2.45, 2.75) is 50.7 Å². The number of hydrogen-bond acceptors (Lipinski definition) is 6. The van der Waals surface area contributed by atoms with Gasteiger partial charge in [0.1, 0.15) is 5.82 Å². The molecule has 2 aromatic rings. The number of ether oxygens (including phenoxy) is 1. The normalized spacial score (nSPS) is 24.2. The van der Waals surface area contributed by atoms with E-state index < -0.39 is 0 Å². The number of hydrogen-bond donors (Lipinski definition) is 2. The van der Waals surface area contributed by atoms with Crippen LogP contribution in [0.5, 0.6) is 0 Å². The minimum atomic E-state index is 0.404. The Hall–Kier alpha value is -1.47. The first-order valence-electron chi connectivity index (χ1n) is 8.64. The van der Waals surface area contributed by atoms with Gasteiger partial charge >= 0.3 is 0 Å². The number of pyridine rings is 1. The molecule has 7 heteroatoms. The van der Waals surface area contributed by atoms with Gasteiger partial charge < -0.3 is 15.8 Å². The Balaban J connectivity index is 1.37. The second kappa shape index (κ2) is 6.80. The molecule has 0 atom stereocenters. The molecule has 2 aliphatic carbocycles. The van der Waals surface area contributed by atoms with Gasteiger partial charge in [0, 0.05) is 25.0 Å². The summed E-state index contributed by atoms with van der Waals surface area (Å²) in [5.41, 5.74) is 6.68. The van der Waals surface area contributed by atoms with Crippen molar-refractivity contribution >= 4 is 38.6 Å². The molecular weight excluding hydrogens is 370 g/mol. The molecule has 2 fully saturated rings. The SMILES string of the molecule is Nc1ncc(Br)c2nc(NC3CCC(OCC4CC4)CC3)ncc12. The lowest BCUT2D eigenvalue weighted by molar-refractivity contribution is 0.0203. The highest BCUT2D eigenvalue weighted by Gasteiger charge is 2.26. The molecular formula is C17H22BrN5O. The van der Waals surface area contributed by atoms with Gasteiger partial charge in [-0.05, 0) is 60.4 Å². The molecule has 0 aliphatic heterocycles. The second-order valence-electron chi connectivity index (χ2n) is 6.84. The highest BCUT2D eigenvalue weighted by atomic mass is 79.9. The highest BCUT2D eigenvalue weighted by Crippen LogP contribution is 2.31. The molecule has 0 amide bonds. The van der Waals surface area contributed by atoms with E-state index in [1.807, 2.05) is 0 Å². The Morgan fingerprint density at radius 2 is 1.92 bits per heavy atom. The molecule has 3 N–H and O–H groups in total. The number of rotatable bonds is 5. The third-order valence-electron chi connectivity index (χ3n) is 4.88. The van der Waals surface area contributed by atoms with E-state index in [9.17, 15) is 0 Å². The van der Waals surface area contributed by atoms with E-state index in [0.29, 0.717) is 23.9 Å². The number of nitrogen functional groups attached to an aromatic ring is 1. The Labute approximate surface area is 149 Å². The molecule has 2 heterocycles. The lowest BCUT2D eigenvalue weighted by Crippen LogP contribution is -2.30. The topological polar surface area (TPSA) is 86.0 Å². The standard InChI is InChI=1S/C17H22BrN5O/c18-14-8-20-16(19)13-7-21-17(23-15(13)14)22-11-3-5-12(6-4-11)24-9-10-1-2-10/h7-8,10-12H,1-6,9H2,(H2,19,20)(H,21,22,23). The van der Waals surface area contributed by atoms with Gasteiger partial charge in [0.05, 0.1) is 21.5 Å². The maximum absolute atomic E-state index is 6.01. The third kappa shape index (κ3) is 3.62. The molecule has 0 saturated heterocycles. The fraction of sp³-hybridized carbons (Fsp3) is 0.588. The van der Waals surface area contributed by atoms with Crippen LogP contribution in [0.3, 0.4) is 0 Å². The van der Waals surface area contributed by atoms with Crippen LogP contribution in [-0.2, 0) is 4.74 Å². The summed E-state index contributed by atoms with van der Waals surface area (Å²) in [6.45, 7) is 0.958. The van der Waals surface area contributed by atoms with Crippen LogP contribution < -0.4 is 11.1 Å². The van der Waals surface area contributed by atoms with Crippen LogP contribution >= 0.6 is 15.9 Å². The minimum Gasteiger partial charge on any atom is -0.383 e. The van der Waals surface area contributed by atoms with Gasteiger partial charge in [0.2, 0.25) is 5.95 Å². The van der Waals surface area contributed by atoms with Crippen molar-refractivity contribution in [2.75, 3.05) is 17.7 Å². The number of nitrogens with two attached hydrogens (primary N) is 1. The van der Waals surface area contributed by atoms with Crippen molar-refractivity contribution in [1.82, 2.24) is 15.0 Å². The van der Waals surface area contributed by atoms with Crippen molar-refractivity contribution in [1.29, 1.82) is 0 Å². The predicted molar refractivity (Wildman–Crippen MR) is 97.8 cm³/mol. The third-order valence-corrected chi connectivity index (χ3v) is 5.46. The minimum absolute atomic E-state index is 0.404. The number of anilines is 2. The van der Waals surface area contributed by atoms with Crippen LogP contribution in [-0.4, -0.2) is 33.7 Å². The van der Waals surface area contributed by atoms with Gasteiger partial charge in [-0.1, -0.05) is 0 Å². The van der Waals surface area contributed by atoms with Gasteiger partial charge in [0.25, 0.3) is 0 Å². The first kappa shape index (κ1) is 16.0. The molecule has 0 aromatic carbocycles. The van der Waals surface area contributed by atoms with Gasteiger partial charge in [-0.2, -0.15) is 0 Å². The van der Waals surface area contributed by atoms with Gasteiger partial charge in [-0.25, -0.2) is 15.0 Å². The van der Waals surface area contributed by atoms with Crippen LogP contribution in [0.2, 0.25) is 0 Å². The molecule has 6 nitrogen and oxygen atoms in total. The summed E-state index contributed by atoms with van der Waals surface area (Å²) in [5, 5.41) is 4.23. The number of nitrogens with one attached hydrogen (secondary N) is 1. The summed E-state index contributed by atoms with van der Waals surface area (Å²) in [4.78, 5) is 13.1. The molecule has 128 valence electrons. The maximum Gasteiger partial charge on any atom is 0.223 e. The van der Waals surface area contributed by atoms with Crippen molar-refractivity contribution in [3.63, 3.8) is 0 Å². The summed E-state index contributed by atoms with van der Waals surface area (Å²) in [5.74, 6) is 1.94. The van der Waals surface area contributed by atoms with Crippen LogP contribution in [0.4, 0.5) is 11.8 Å². The lowest BCUT2D eigenvalue weighted by atomic mass is 9.93. The largest absolute Gasteiger partial charge is 0.383 e. The highest BCUT2D eigenvalue weighted by molar-refractivity contribution is 9.10. The quantitative estimate of drug-likeness (QED) is 0.810. The molecule has 2 aliphatic rings.